The van der Waals surface area contributed by atoms with Gasteiger partial charge in [-0.1, -0.05) is 0 Å². The molecule has 0 fully saturated rings. The van der Waals surface area contributed by atoms with Crippen LogP contribution in [0, 0.1) is 34.5 Å². The summed E-state index contributed by atoms with van der Waals surface area (Å²) in [6.07, 6.45) is 0. The summed E-state index contributed by atoms with van der Waals surface area (Å²) in [7, 11) is 0. The first kappa shape index (κ1) is 14.8. The van der Waals surface area contributed by atoms with Crippen molar-refractivity contribution in [2.75, 3.05) is 5.32 Å². The highest BCUT2D eigenvalue weighted by atomic mass is 19.2. The van der Waals surface area contributed by atoms with Gasteiger partial charge in [0, 0.05) is 35.5 Å². The molecule has 21 heavy (non-hydrogen) atoms. The molecular weight excluding hydrogens is 285 g/mol. The summed E-state index contributed by atoms with van der Waals surface area (Å²) < 4.78 is 39.3. The Kier molecular flexibility index (Phi) is 4.11. The molecule has 7 heteroatoms. The lowest BCUT2D eigenvalue weighted by atomic mass is 10.1. The van der Waals surface area contributed by atoms with Crippen LogP contribution < -0.4 is 5.32 Å². The van der Waals surface area contributed by atoms with Crippen molar-refractivity contribution in [3.63, 3.8) is 0 Å². The van der Waals surface area contributed by atoms with Crippen molar-refractivity contribution in [1.82, 2.24) is 0 Å². The Labute approximate surface area is 118 Å². The number of rotatable bonds is 4. The zero-order chi connectivity index (χ0) is 15.6. The molecule has 0 radical (unpaired) electrons. The highest BCUT2D eigenvalue weighted by Gasteiger charge is 2.12. The average molecular weight is 296 g/mol. The van der Waals surface area contributed by atoms with Crippen LogP contribution in [0.4, 0.5) is 24.5 Å². The Hall–Kier alpha value is -2.57. The molecule has 0 spiro atoms. The Bertz CT molecular complexity index is 705. The third-order valence-electron chi connectivity index (χ3n) is 2.97. The third-order valence-corrected chi connectivity index (χ3v) is 2.97. The number of nitro benzene ring substituents is 1. The number of nitro groups is 1. The molecule has 0 heterocycles. The summed E-state index contributed by atoms with van der Waals surface area (Å²) in [5.41, 5.74) is 0.891. The van der Waals surface area contributed by atoms with Crippen molar-refractivity contribution in [1.29, 1.82) is 0 Å². The first-order valence-electron chi connectivity index (χ1n) is 6.01. The molecule has 0 amide bonds. The summed E-state index contributed by atoms with van der Waals surface area (Å²) in [6.45, 7) is 1.50. The van der Waals surface area contributed by atoms with Crippen LogP contribution in [0.1, 0.15) is 11.1 Å². The average Bonchev–Trinajstić information content (AvgIpc) is 2.41. The van der Waals surface area contributed by atoms with Crippen LogP contribution >= 0.6 is 0 Å². The van der Waals surface area contributed by atoms with Crippen molar-refractivity contribution < 1.29 is 18.1 Å². The molecule has 110 valence electrons. The number of halogens is 3. The second-order valence-corrected chi connectivity index (χ2v) is 4.47. The Morgan fingerprint density at radius 1 is 1.10 bits per heavy atom. The zero-order valence-electron chi connectivity index (χ0n) is 11.0. The summed E-state index contributed by atoms with van der Waals surface area (Å²) in [5, 5.41) is 13.5. The quantitative estimate of drug-likeness (QED) is 0.528. The SMILES string of the molecule is Cc1cc(NCc2cc(F)c(F)cc2F)ccc1[N+](=O)[O-]. The van der Waals surface area contributed by atoms with Crippen LogP contribution in [0.15, 0.2) is 30.3 Å². The number of nitrogens with zero attached hydrogens (tertiary/aromatic N) is 1. The van der Waals surface area contributed by atoms with E-state index in [9.17, 15) is 23.3 Å². The van der Waals surface area contributed by atoms with Crippen LogP contribution in [-0.2, 0) is 6.54 Å². The Morgan fingerprint density at radius 3 is 2.38 bits per heavy atom. The number of aryl methyl sites for hydroxylation is 1. The van der Waals surface area contributed by atoms with E-state index < -0.39 is 22.4 Å². The minimum atomic E-state index is -1.25. The predicted molar refractivity (Wildman–Crippen MR) is 71.5 cm³/mol. The van der Waals surface area contributed by atoms with Crippen LogP contribution in [0.5, 0.6) is 0 Å². The van der Waals surface area contributed by atoms with Gasteiger partial charge < -0.3 is 5.32 Å². The maximum Gasteiger partial charge on any atom is 0.272 e. The topological polar surface area (TPSA) is 55.2 Å². The molecule has 0 saturated carbocycles. The number of nitrogens with one attached hydrogen (secondary N) is 1. The lowest BCUT2D eigenvalue weighted by Gasteiger charge is -2.09. The van der Waals surface area contributed by atoms with E-state index in [0.717, 1.165) is 6.07 Å². The number of anilines is 1. The van der Waals surface area contributed by atoms with Gasteiger partial charge in [-0.2, -0.15) is 0 Å². The monoisotopic (exact) mass is 296 g/mol. The lowest BCUT2D eigenvalue weighted by Crippen LogP contribution is -2.04. The summed E-state index contributed by atoms with van der Waals surface area (Å²) in [5.74, 6) is -3.24. The largest absolute Gasteiger partial charge is 0.381 e. The van der Waals surface area contributed by atoms with Crippen molar-refractivity contribution in [3.05, 3.63) is 69.0 Å². The smallest absolute Gasteiger partial charge is 0.272 e. The van der Waals surface area contributed by atoms with Crippen LogP contribution in [0.3, 0.4) is 0 Å². The van der Waals surface area contributed by atoms with E-state index in [1.165, 1.54) is 18.2 Å². The van der Waals surface area contributed by atoms with Gasteiger partial charge in [-0.3, -0.25) is 10.1 Å². The molecule has 0 aliphatic carbocycles. The molecule has 4 nitrogen and oxygen atoms in total. The Balaban J connectivity index is 2.15. The summed E-state index contributed by atoms with van der Waals surface area (Å²) >= 11 is 0. The normalized spacial score (nSPS) is 10.5. The molecule has 1 N–H and O–H groups in total. The second-order valence-electron chi connectivity index (χ2n) is 4.47. The van der Waals surface area contributed by atoms with E-state index in [1.807, 2.05) is 0 Å². The fourth-order valence-electron chi connectivity index (χ4n) is 1.87. The van der Waals surface area contributed by atoms with Crippen molar-refractivity contribution >= 4 is 11.4 Å². The van der Waals surface area contributed by atoms with Crippen molar-refractivity contribution in [2.24, 2.45) is 0 Å². The minimum Gasteiger partial charge on any atom is -0.381 e. The van der Waals surface area contributed by atoms with E-state index in [-0.39, 0.29) is 17.8 Å². The van der Waals surface area contributed by atoms with Gasteiger partial charge in [-0.15, -0.1) is 0 Å². The van der Waals surface area contributed by atoms with E-state index in [1.54, 1.807) is 6.92 Å². The van der Waals surface area contributed by atoms with Crippen LogP contribution in [0.2, 0.25) is 0 Å². The van der Waals surface area contributed by atoms with Gasteiger partial charge in [0.05, 0.1) is 4.92 Å². The molecule has 2 aromatic rings. The lowest BCUT2D eigenvalue weighted by molar-refractivity contribution is -0.385. The van der Waals surface area contributed by atoms with Gasteiger partial charge in [0.1, 0.15) is 5.82 Å². The Morgan fingerprint density at radius 2 is 1.76 bits per heavy atom. The molecule has 2 aromatic carbocycles. The number of benzene rings is 2. The highest BCUT2D eigenvalue weighted by molar-refractivity contribution is 5.53. The first-order chi connectivity index (χ1) is 9.88. The van der Waals surface area contributed by atoms with E-state index in [2.05, 4.69) is 5.32 Å². The number of hydrogen-bond acceptors (Lipinski definition) is 3. The van der Waals surface area contributed by atoms with Gasteiger partial charge in [-0.25, -0.2) is 13.2 Å². The van der Waals surface area contributed by atoms with E-state index >= 15 is 0 Å². The first-order valence-corrected chi connectivity index (χ1v) is 6.01. The summed E-state index contributed by atoms with van der Waals surface area (Å²) in [4.78, 5) is 10.2. The molecular formula is C14H11F3N2O2. The van der Waals surface area contributed by atoms with Gasteiger partial charge in [0.2, 0.25) is 0 Å². The molecule has 0 aliphatic rings. The van der Waals surface area contributed by atoms with Gasteiger partial charge in [0.25, 0.3) is 5.69 Å². The molecule has 2 rings (SSSR count). The second kappa shape index (κ2) is 5.82. The number of hydrogen-bond donors (Lipinski definition) is 1. The molecule has 0 aliphatic heterocycles. The van der Waals surface area contributed by atoms with Gasteiger partial charge >= 0.3 is 0 Å². The maximum absolute atomic E-state index is 13.4. The fraction of sp³-hybridized carbons (Fsp3) is 0.143. The minimum absolute atomic E-state index is 0.0282. The molecule has 0 atom stereocenters. The van der Waals surface area contributed by atoms with Crippen LogP contribution in [-0.4, -0.2) is 4.92 Å². The molecule has 0 bridgehead atoms. The standard InChI is InChI=1S/C14H11F3N2O2/c1-8-4-10(2-3-14(8)19(20)21)18-7-9-5-12(16)13(17)6-11(9)15/h2-6,18H,7H2,1H3. The van der Waals surface area contributed by atoms with Crippen molar-refractivity contribution in [2.45, 2.75) is 13.5 Å². The van der Waals surface area contributed by atoms with Gasteiger partial charge in [0.15, 0.2) is 11.6 Å². The highest BCUT2D eigenvalue weighted by Crippen LogP contribution is 2.22. The zero-order valence-corrected chi connectivity index (χ0v) is 11.0. The van der Waals surface area contributed by atoms with Crippen LogP contribution in [0.25, 0.3) is 0 Å². The fourth-order valence-corrected chi connectivity index (χ4v) is 1.87. The predicted octanol–water partition coefficient (Wildman–Crippen LogP) is 3.93. The molecule has 0 aromatic heterocycles. The maximum atomic E-state index is 13.4. The molecule has 0 saturated heterocycles. The summed E-state index contributed by atoms with van der Waals surface area (Å²) in [6, 6.07) is 5.56. The van der Waals surface area contributed by atoms with E-state index in [0.29, 0.717) is 17.3 Å². The van der Waals surface area contributed by atoms with Gasteiger partial charge in [-0.05, 0) is 25.1 Å². The van der Waals surface area contributed by atoms with Crippen molar-refractivity contribution in [3.8, 4) is 0 Å². The van der Waals surface area contributed by atoms with E-state index in [4.69, 9.17) is 0 Å². The molecule has 0 unspecified atom stereocenters. The third kappa shape index (κ3) is 3.31.